The van der Waals surface area contributed by atoms with Gasteiger partial charge in [0, 0.05) is 30.0 Å². The van der Waals surface area contributed by atoms with Crippen molar-refractivity contribution in [3.63, 3.8) is 0 Å². The molecule has 1 fully saturated rings. The van der Waals surface area contributed by atoms with Gasteiger partial charge in [0.05, 0.1) is 11.5 Å². The summed E-state index contributed by atoms with van der Waals surface area (Å²) in [4.78, 5) is 25.8. The first kappa shape index (κ1) is 21.5. The highest BCUT2D eigenvalue weighted by Crippen LogP contribution is 2.25. The van der Waals surface area contributed by atoms with Gasteiger partial charge in [-0.15, -0.1) is 0 Å². The van der Waals surface area contributed by atoms with Crippen LogP contribution < -0.4 is 10.2 Å². The third-order valence-corrected chi connectivity index (χ3v) is 5.99. The van der Waals surface area contributed by atoms with Crippen LogP contribution in [0, 0.1) is 29.9 Å². The molecule has 1 atom stereocenters. The van der Waals surface area contributed by atoms with E-state index in [0.29, 0.717) is 29.4 Å². The molecule has 1 N–H and O–H groups in total. The first-order valence-corrected chi connectivity index (χ1v) is 10.8. The lowest BCUT2D eigenvalue weighted by Crippen LogP contribution is -2.19. The highest BCUT2D eigenvalue weighted by atomic mass is 16.6. The van der Waals surface area contributed by atoms with Crippen LogP contribution in [0.2, 0.25) is 0 Å². The molecule has 0 saturated carbocycles. The average molecular weight is 434 g/mol. The third kappa shape index (κ3) is 4.49. The van der Waals surface area contributed by atoms with Gasteiger partial charge in [0.2, 0.25) is 0 Å². The summed E-state index contributed by atoms with van der Waals surface area (Å²) in [5.74, 6) is 0.537. The first-order chi connectivity index (χ1) is 15.3. The smallest absolute Gasteiger partial charge is 0.312 e. The second kappa shape index (κ2) is 8.82. The van der Waals surface area contributed by atoms with E-state index in [1.54, 1.807) is 30.7 Å². The third-order valence-electron chi connectivity index (χ3n) is 5.99. The fraction of sp³-hybridized carbons (Fsp3) is 0.333. The highest BCUT2D eigenvalue weighted by molar-refractivity contribution is 6.04. The molecule has 166 valence electrons. The fourth-order valence-corrected chi connectivity index (χ4v) is 4.17. The molecule has 4 rings (SSSR count). The maximum atomic E-state index is 12.6. The normalized spacial score (nSPS) is 15.7. The minimum atomic E-state index is -0.403. The van der Waals surface area contributed by atoms with E-state index in [2.05, 4.69) is 22.2 Å². The number of nitro groups is 1. The molecule has 1 aliphatic rings. The van der Waals surface area contributed by atoms with Crippen molar-refractivity contribution in [2.75, 3.05) is 23.3 Å². The molecule has 0 radical (unpaired) electrons. The zero-order valence-electron chi connectivity index (χ0n) is 18.5. The molecule has 8 heteroatoms. The van der Waals surface area contributed by atoms with E-state index in [4.69, 9.17) is 0 Å². The summed E-state index contributed by atoms with van der Waals surface area (Å²) in [5.41, 5.74) is 4.35. The van der Waals surface area contributed by atoms with E-state index in [1.807, 2.05) is 36.4 Å². The summed E-state index contributed by atoms with van der Waals surface area (Å²) < 4.78 is 1.62. The number of carbonyl (C=O) groups is 1. The van der Waals surface area contributed by atoms with Crippen molar-refractivity contribution in [1.29, 1.82) is 0 Å². The Kier molecular flexibility index (Phi) is 5.94. The van der Waals surface area contributed by atoms with Crippen LogP contribution in [0.5, 0.6) is 0 Å². The second-order valence-corrected chi connectivity index (χ2v) is 8.47. The number of amides is 1. The zero-order valence-corrected chi connectivity index (χ0v) is 18.5. The minimum absolute atomic E-state index is 0.0475. The number of nitrogens with one attached hydrogen (secondary N) is 1. The molecule has 1 amide bonds. The summed E-state index contributed by atoms with van der Waals surface area (Å²) in [5, 5.41) is 18.4. The van der Waals surface area contributed by atoms with Crippen molar-refractivity contribution in [3.8, 4) is 0 Å². The highest BCUT2D eigenvalue weighted by Gasteiger charge is 2.22. The number of aryl methyl sites for hydroxylation is 1. The number of carbonyl (C=O) groups excluding carboxylic acids is 1. The van der Waals surface area contributed by atoms with Crippen molar-refractivity contribution in [2.45, 2.75) is 33.7 Å². The lowest BCUT2D eigenvalue weighted by molar-refractivity contribution is -0.386. The molecule has 3 aromatic rings. The van der Waals surface area contributed by atoms with Crippen LogP contribution in [0.25, 0.3) is 0 Å². The summed E-state index contributed by atoms with van der Waals surface area (Å²) in [6, 6.07) is 15.1. The Labute approximate surface area is 187 Å². The molecule has 32 heavy (non-hydrogen) atoms. The lowest BCUT2D eigenvalue weighted by atomic mass is 10.1. The van der Waals surface area contributed by atoms with Gasteiger partial charge in [-0.2, -0.15) is 5.10 Å². The van der Waals surface area contributed by atoms with E-state index in [1.165, 1.54) is 12.1 Å². The standard InChI is InChI=1S/C24H27N5O3/c1-16-12-13-27(14-16)22-10-8-21(9-11-22)25-24(30)20-6-4-19(5-7-20)15-28-18(3)23(29(31)32)17(2)26-28/h4-11,16H,12-15H2,1-3H3,(H,25,30). The maximum absolute atomic E-state index is 12.6. The first-order valence-electron chi connectivity index (χ1n) is 10.8. The van der Waals surface area contributed by atoms with Crippen molar-refractivity contribution >= 4 is 23.0 Å². The van der Waals surface area contributed by atoms with Crippen LogP contribution in [0.1, 0.15) is 40.7 Å². The Morgan fingerprint density at radius 3 is 2.41 bits per heavy atom. The molecular weight excluding hydrogens is 406 g/mol. The van der Waals surface area contributed by atoms with Gasteiger partial charge in [0.1, 0.15) is 11.4 Å². The Balaban J connectivity index is 1.39. The second-order valence-electron chi connectivity index (χ2n) is 8.47. The molecule has 8 nitrogen and oxygen atoms in total. The fourth-order valence-electron chi connectivity index (χ4n) is 4.17. The molecule has 1 aromatic heterocycles. The summed E-state index contributed by atoms with van der Waals surface area (Å²) in [6.45, 7) is 8.13. The van der Waals surface area contributed by atoms with Crippen LogP contribution in [0.15, 0.2) is 48.5 Å². The van der Waals surface area contributed by atoms with Crippen LogP contribution in [-0.2, 0) is 6.54 Å². The number of hydrogen-bond acceptors (Lipinski definition) is 5. The quantitative estimate of drug-likeness (QED) is 0.454. The number of aromatic nitrogens is 2. The van der Waals surface area contributed by atoms with E-state index in [-0.39, 0.29) is 11.6 Å². The van der Waals surface area contributed by atoms with Gasteiger partial charge in [-0.05, 0) is 68.1 Å². The number of rotatable bonds is 6. The van der Waals surface area contributed by atoms with Gasteiger partial charge in [-0.3, -0.25) is 19.6 Å². The molecule has 0 bridgehead atoms. The molecule has 0 aliphatic carbocycles. The minimum Gasteiger partial charge on any atom is -0.371 e. The Morgan fingerprint density at radius 2 is 1.84 bits per heavy atom. The van der Waals surface area contributed by atoms with Crippen LogP contribution in [-0.4, -0.2) is 33.7 Å². The van der Waals surface area contributed by atoms with Crippen LogP contribution in [0.3, 0.4) is 0 Å². The van der Waals surface area contributed by atoms with Crippen LogP contribution in [0.4, 0.5) is 17.1 Å². The summed E-state index contributed by atoms with van der Waals surface area (Å²) in [7, 11) is 0. The van der Waals surface area contributed by atoms with Gasteiger partial charge in [0.15, 0.2) is 0 Å². The monoisotopic (exact) mass is 433 g/mol. The van der Waals surface area contributed by atoms with E-state index in [9.17, 15) is 14.9 Å². The predicted octanol–water partition coefficient (Wildman–Crippen LogP) is 4.55. The largest absolute Gasteiger partial charge is 0.371 e. The lowest BCUT2D eigenvalue weighted by Gasteiger charge is -2.18. The summed E-state index contributed by atoms with van der Waals surface area (Å²) in [6.07, 6.45) is 1.21. The Bertz CT molecular complexity index is 1140. The maximum Gasteiger partial charge on any atom is 0.312 e. The number of hydrogen-bond donors (Lipinski definition) is 1. The zero-order chi connectivity index (χ0) is 22.8. The molecule has 2 heterocycles. The number of anilines is 2. The Hall–Kier alpha value is -3.68. The molecular formula is C24H27N5O3. The molecule has 1 unspecified atom stereocenters. The van der Waals surface area contributed by atoms with E-state index in [0.717, 1.165) is 24.3 Å². The van der Waals surface area contributed by atoms with E-state index >= 15 is 0 Å². The van der Waals surface area contributed by atoms with Gasteiger partial charge < -0.3 is 10.2 Å². The molecule has 1 aliphatic heterocycles. The molecule has 2 aromatic carbocycles. The number of benzene rings is 2. The topological polar surface area (TPSA) is 93.3 Å². The van der Waals surface area contributed by atoms with Gasteiger partial charge in [-0.25, -0.2) is 0 Å². The predicted molar refractivity (Wildman–Crippen MR) is 124 cm³/mol. The van der Waals surface area contributed by atoms with Crippen molar-refractivity contribution in [1.82, 2.24) is 9.78 Å². The molecule has 1 saturated heterocycles. The van der Waals surface area contributed by atoms with Gasteiger partial charge >= 0.3 is 5.69 Å². The number of nitrogens with zero attached hydrogens (tertiary/aromatic N) is 4. The van der Waals surface area contributed by atoms with Gasteiger partial charge in [-0.1, -0.05) is 19.1 Å². The van der Waals surface area contributed by atoms with Crippen LogP contribution >= 0.6 is 0 Å². The summed E-state index contributed by atoms with van der Waals surface area (Å²) >= 11 is 0. The average Bonchev–Trinajstić information content (AvgIpc) is 3.31. The van der Waals surface area contributed by atoms with E-state index < -0.39 is 4.92 Å². The Morgan fingerprint density at radius 1 is 1.16 bits per heavy atom. The van der Waals surface area contributed by atoms with Crippen molar-refractivity contribution < 1.29 is 9.72 Å². The van der Waals surface area contributed by atoms with Crippen molar-refractivity contribution in [3.05, 3.63) is 81.2 Å². The van der Waals surface area contributed by atoms with Crippen molar-refractivity contribution in [2.24, 2.45) is 5.92 Å². The molecule has 0 spiro atoms. The van der Waals surface area contributed by atoms with Gasteiger partial charge in [0.25, 0.3) is 5.91 Å². The SMILES string of the molecule is Cc1nn(Cc2ccc(C(=O)Nc3ccc(N4CCC(C)C4)cc3)cc2)c(C)c1[N+](=O)[O-].